The van der Waals surface area contributed by atoms with Crippen LogP contribution in [0.2, 0.25) is 10.0 Å². The Labute approximate surface area is 138 Å². The lowest BCUT2D eigenvalue weighted by atomic mass is 10.1. The number of aromatic nitrogens is 1. The number of halogens is 3. The zero-order valence-electron chi connectivity index (χ0n) is 11.7. The van der Waals surface area contributed by atoms with Crippen molar-refractivity contribution < 1.29 is 0 Å². The van der Waals surface area contributed by atoms with Crippen molar-refractivity contribution in [3.63, 3.8) is 0 Å². The van der Waals surface area contributed by atoms with Crippen LogP contribution in [0.5, 0.6) is 0 Å². The molecule has 0 amide bonds. The van der Waals surface area contributed by atoms with E-state index in [0.717, 1.165) is 39.7 Å². The van der Waals surface area contributed by atoms with Gasteiger partial charge in [0.25, 0.3) is 0 Å². The zero-order valence-corrected chi connectivity index (χ0v) is 14.8. The molecular weight excluding hydrogens is 359 g/mol. The molecule has 1 N–H and O–H groups in total. The second-order valence-corrected chi connectivity index (χ2v) is 6.67. The average Bonchev–Trinajstić information content (AvgIpc) is 2.42. The number of nitrogens with zero attached hydrogens (tertiary/aromatic N) is 1. The minimum atomic E-state index is 0.333. The Morgan fingerprint density at radius 2 is 1.95 bits per heavy atom. The largest absolute Gasteiger partial charge is 0.384 e. The van der Waals surface area contributed by atoms with Crippen molar-refractivity contribution >= 4 is 55.7 Å². The van der Waals surface area contributed by atoms with Crippen LogP contribution >= 0.6 is 39.1 Å². The zero-order chi connectivity index (χ0) is 14.9. The summed E-state index contributed by atoms with van der Waals surface area (Å²) >= 11 is 16.0. The number of rotatable bonds is 4. The molecule has 1 heterocycles. The molecule has 0 bridgehead atoms. The molecule has 0 saturated carbocycles. The summed E-state index contributed by atoms with van der Waals surface area (Å²) in [4.78, 5) is 4.67. The third-order valence-electron chi connectivity index (χ3n) is 3.12. The van der Waals surface area contributed by atoms with Gasteiger partial charge in [0.2, 0.25) is 0 Å². The van der Waals surface area contributed by atoms with Gasteiger partial charge in [-0.15, -0.1) is 0 Å². The summed E-state index contributed by atoms with van der Waals surface area (Å²) in [5.74, 6) is 0.333. The Balaban J connectivity index is 2.74. The first-order valence-corrected chi connectivity index (χ1v) is 8.22. The van der Waals surface area contributed by atoms with Crippen molar-refractivity contribution in [1.29, 1.82) is 0 Å². The van der Waals surface area contributed by atoms with Gasteiger partial charge < -0.3 is 5.32 Å². The third-order valence-corrected chi connectivity index (χ3v) is 4.83. The highest BCUT2D eigenvalue weighted by Crippen LogP contribution is 2.39. The van der Waals surface area contributed by atoms with E-state index in [1.807, 2.05) is 6.07 Å². The van der Waals surface area contributed by atoms with Crippen molar-refractivity contribution in [3.8, 4) is 0 Å². The highest BCUT2D eigenvalue weighted by atomic mass is 79.9. The van der Waals surface area contributed by atoms with E-state index in [0.29, 0.717) is 16.0 Å². The first kappa shape index (κ1) is 15.9. The number of hydrogen-bond donors (Lipinski definition) is 1. The molecule has 1 aromatic carbocycles. The lowest BCUT2D eigenvalue weighted by Gasteiger charge is -2.15. The predicted octanol–water partition coefficient (Wildman–Crippen LogP) is 6.25. The van der Waals surface area contributed by atoms with Crippen molar-refractivity contribution in [2.75, 3.05) is 11.9 Å². The summed E-state index contributed by atoms with van der Waals surface area (Å²) in [5.41, 5.74) is 2.82. The first-order chi connectivity index (χ1) is 9.45. The van der Waals surface area contributed by atoms with Gasteiger partial charge >= 0.3 is 0 Å². The predicted molar refractivity (Wildman–Crippen MR) is 92.3 cm³/mol. The van der Waals surface area contributed by atoms with Gasteiger partial charge in [-0.1, -0.05) is 44.0 Å². The van der Waals surface area contributed by atoms with Crippen LogP contribution in [0.3, 0.4) is 0 Å². The van der Waals surface area contributed by atoms with Crippen LogP contribution in [-0.4, -0.2) is 11.5 Å². The molecule has 108 valence electrons. The number of anilines is 1. The molecule has 0 fully saturated rings. The Bertz CT molecular complexity index is 642. The quantitative estimate of drug-likeness (QED) is 0.638. The number of benzene rings is 1. The van der Waals surface area contributed by atoms with Gasteiger partial charge in [-0.05, 0) is 40.4 Å². The average molecular weight is 376 g/mol. The van der Waals surface area contributed by atoms with Crippen LogP contribution in [0, 0.1) is 0 Å². The molecule has 0 spiro atoms. The van der Waals surface area contributed by atoms with E-state index < -0.39 is 0 Å². The summed E-state index contributed by atoms with van der Waals surface area (Å²) in [7, 11) is 0. The molecule has 2 rings (SSSR count). The van der Waals surface area contributed by atoms with Gasteiger partial charge in [0, 0.05) is 27.8 Å². The number of pyridine rings is 1. The summed E-state index contributed by atoms with van der Waals surface area (Å²) in [6.07, 6.45) is 1.06. The van der Waals surface area contributed by atoms with Crippen molar-refractivity contribution in [3.05, 3.63) is 32.3 Å². The van der Waals surface area contributed by atoms with E-state index in [4.69, 9.17) is 23.2 Å². The maximum Gasteiger partial charge on any atom is 0.0928 e. The van der Waals surface area contributed by atoms with Gasteiger partial charge in [-0.25, -0.2) is 0 Å². The Morgan fingerprint density at radius 3 is 2.55 bits per heavy atom. The topological polar surface area (TPSA) is 24.9 Å². The van der Waals surface area contributed by atoms with Crippen LogP contribution in [0.1, 0.15) is 38.8 Å². The molecule has 1 aromatic heterocycles. The van der Waals surface area contributed by atoms with Crippen molar-refractivity contribution in [1.82, 2.24) is 4.98 Å². The Hall–Kier alpha value is -0.510. The molecular formula is C15H17BrCl2N2. The van der Waals surface area contributed by atoms with Crippen LogP contribution < -0.4 is 5.32 Å². The standard InChI is InChI=1S/C15H17BrCl2N2/c1-4-5-19-12-7-11(8(2)3)20-15-9(12)6-10(16)13(17)14(15)18/h6-8H,4-5H2,1-3H3,(H,19,20). The third kappa shape index (κ3) is 3.05. The van der Waals surface area contributed by atoms with Gasteiger partial charge in [0.05, 0.1) is 15.6 Å². The van der Waals surface area contributed by atoms with E-state index in [1.165, 1.54) is 0 Å². The Kier molecular flexibility index (Phi) is 5.16. The van der Waals surface area contributed by atoms with Gasteiger partial charge in [0.1, 0.15) is 0 Å². The van der Waals surface area contributed by atoms with E-state index >= 15 is 0 Å². The van der Waals surface area contributed by atoms with E-state index in [-0.39, 0.29) is 0 Å². The SMILES string of the molecule is CCCNc1cc(C(C)C)nc2c(Cl)c(Cl)c(Br)cc12. The molecule has 0 atom stereocenters. The van der Waals surface area contributed by atoms with Gasteiger partial charge in [0.15, 0.2) is 0 Å². The fourth-order valence-electron chi connectivity index (χ4n) is 1.99. The maximum absolute atomic E-state index is 6.36. The molecule has 0 radical (unpaired) electrons. The summed E-state index contributed by atoms with van der Waals surface area (Å²) < 4.78 is 0.787. The Morgan fingerprint density at radius 1 is 1.25 bits per heavy atom. The molecule has 0 aliphatic heterocycles. The van der Waals surface area contributed by atoms with Crippen LogP contribution in [0.25, 0.3) is 10.9 Å². The lowest BCUT2D eigenvalue weighted by Crippen LogP contribution is -2.04. The monoisotopic (exact) mass is 374 g/mol. The molecule has 20 heavy (non-hydrogen) atoms. The highest BCUT2D eigenvalue weighted by molar-refractivity contribution is 9.10. The number of hydrogen-bond acceptors (Lipinski definition) is 2. The second kappa shape index (κ2) is 6.50. The molecule has 0 unspecified atom stereocenters. The number of fused-ring (bicyclic) bond motifs is 1. The fourth-order valence-corrected chi connectivity index (χ4v) is 2.92. The molecule has 2 nitrogen and oxygen atoms in total. The van der Waals surface area contributed by atoms with E-state index in [9.17, 15) is 0 Å². The normalized spacial score (nSPS) is 11.3. The minimum absolute atomic E-state index is 0.333. The highest BCUT2D eigenvalue weighted by Gasteiger charge is 2.15. The number of nitrogens with one attached hydrogen (secondary N) is 1. The molecule has 0 aliphatic carbocycles. The molecule has 0 saturated heterocycles. The summed E-state index contributed by atoms with van der Waals surface area (Å²) in [6, 6.07) is 4.07. The van der Waals surface area contributed by atoms with Crippen molar-refractivity contribution in [2.45, 2.75) is 33.1 Å². The van der Waals surface area contributed by atoms with Crippen LogP contribution in [0.4, 0.5) is 5.69 Å². The maximum atomic E-state index is 6.36. The van der Waals surface area contributed by atoms with Gasteiger partial charge in [-0.3, -0.25) is 4.98 Å². The first-order valence-electron chi connectivity index (χ1n) is 6.67. The minimum Gasteiger partial charge on any atom is -0.384 e. The van der Waals surface area contributed by atoms with Crippen LogP contribution in [0.15, 0.2) is 16.6 Å². The molecule has 5 heteroatoms. The fraction of sp³-hybridized carbons (Fsp3) is 0.400. The smallest absolute Gasteiger partial charge is 0.0928 e. The second-order valence-electron chi connectivity index (χ2n) is 5.06. The van der Waals surface area contributed by atoms with Crippen molar-refractivity contribution in [2.24, 2.45) is 0 Å². The van der Waals surface area contributed by atoms with E-state index in [2.05, 4.69) is 53.1 Å². The molecule has 2 aromatic rings. The van der Waals surface area contributed by atoms with E-state index in [1.54, 1.807) is 0 Å². The summed E-state index contributed by atoms with van der Waals surface area (Å²) in [6.45, 7) is 7.28. The summed E-state index contributed by atoms with van der Waals surface area (Å²) in [5, 5.41) is 5.44. The molecule has 0 aliphatic rings. The van der Waals surface area contributed by atoms with Gasteiger partial charge in [-0.2, -0.15) is 0 Å². The van der Waals surface area contributed by atoms with Crippen LogP contribution in [-0.2, 0) is 0 Å². The lowest BCUT2D eigenvalue weighted by molar-refractivity contribution is 0.829.